The molecular weight excluding hydrogens is 458 g/mol. The SMILES string of the molecule is CCCCCC(O)CCC1C(OOCC(N)CC(C)C)CC2Cc3c(cccc3OCC(=O)O)CC21. The van der Waals surface area contributed by atoms with E-state index in [0.717, 1.165) is 69.8 Å². The third kappa shape index (κ3) is 8.44. The van der Waals surface area contributed by atoms with Gasteiger partial charge in [0.2, 0.25) is 0 Å². The van der Waals surface area contributed by atoms with Crippen molar-refractivity contribution in [2.75, 3.05) is 13.2 Å². The number of hydrogen-bond acceptors (Lipinski definition) is 6. The van der Waals surface area contributed by atoms with Crippen LogP contribution in [0.4, 0.5) is 0 Å². The van der Waals surface area contributed by atoms with Crippen molar-refractivity contribution in [2.24, 2.45) is 29.4 Å². The van der Waals surface area contributed by atoms with E-state index in [1.54, 1.807) is 0 Å². The highest BCUT2D eigenvalue weighted by atomic mass is 17.2. The minimum Gasteiger partial charge on any atom is -0.482 e. The molecule has 2 aliphatic carbocycles. The van der Waals surface area contributed by atoms with Crippen LogP contribution < -0.4 is 10.5 Å². The summed E-state index contributed by atoms with van der Waals surface area (Å²) in [6.45, 7) is 6.52. The van der Waals surface area contributed by atoms with E-state index in [1.807, 2.05) is 12.1 Å². The number of aliphatic carboxylic acids is 1. The molecule has 3 rings (SSSR count). The lowest BCUT2D eigenvalue weighted by Gasteiger charge is -2.32. The summed E-state index contributed by atoms with van der Waals surface area (Å²) in [6.07, 6.45) is 9.14. The second kappa shape index (κ2) is 14.3. The average molecular weight is 506 g/mol. The fourth-order valence-corrected chi connectivity index (χ4v) is 6.21. The molecule has 0 radical (unpaired) electrons. The van der Waals surface area contributed by atoms with Crippen molar-refractivity contribution >= 4 is 5.97 Å². The Morgan fingerprint density at radius 2 is 2.00 bits per heavy atom. The number of nitrogens with two attached hydrogens (primary N) is 1. The molecule has 7 nitrogen and oxygen atoms in total. The van der Waals surface area contributed by atoms with Crippen LogP contribution in [0.15, 0.2) is 18.2 Å². The van der Waals surface area contributed by atoms with Crippen molar-refractivity contribution in [2.45, 2.75) is 103 Å². The first kappa shape index (κ1) is 28.9. The zero-order valence-electron chi connectivity index (χ0n) is 22.4. The number of rotatable bonds is 16. The second-order valence-corrected chi connectivity index (χ2v) is 11.3. The van der Waals surface area contributed by atoms with E-state index >= 15 is 0 Å². The van der Waals surface area contributed by atoms with Crippen LogP contribution in [-0.2, 0) is 27.4 Å². The molecule has 0 aliphatic heterocycles. The van der Waals surface area contributed by atoms with Gasteiger partial charge >= 0.3 is 5.97 Å². The Labute approximate surface area is 216 Å². The van der Waals surface area contributed by atoms with Gasteiger partial charge in [0.15, 0.2) is 6.61 Å². The molecule has 1 fully saturated rings. The molecule has 0 aromatic heterocycles. The first-order chi connectivity index (χ1) is 17.3. The molecule has 0 heterocycles. The van der Waals surface area contributed by atoms with E-state index < -0.39 is 5.97 Å². The summed E-state index contributed by atoms with van der Waals surface area (Å²) in [5, 5.41) is 19.7. The van der Waals surface area contributed by atoms with Gasteiger partial charge in [-0.25, -0.2) is 14.6 Å². The first-order valence-corrected chi connectivity index (χ1v) is 14.0. The van der Waals surface area contributed by atoms with E-state index in [-0.39, 0.29) is 24.9 Å². The lowest BCUT2D eigenvalue weighted by molar-refractivity contribution is -0.333. The van der Waals surface area contributed by atoms with Crippen molar-refractivity contribution in [3.63, 3.8) is 0 Å². The molecule has 6 unspecified atom stereocenters. The Morgan fingerprint density at radius 1 is 1.19 bits per heavy atom. The fraction of sp³-hybridized carbons (Fsp3) is 0.759. The maximum absolute atomic E-state index is 11.0. The number of benzene rings is 1. The smallest absolute Gasteiger partial charge is 0.341 e. The van der Waals surface area contributed by atoms with Gasteiger partial charge < -0.3 is 20.7 Å². The molecule has 2 aliphatic rings. The van der Waals surface area contributed by atoms with E-state index in [4.69, 9.17) is 25.4 Å². The predicted octanol–water partition coefficient (Wildman–Crippen LogP) is 4.91. The number of aliphatic hydroxyl groups is 1. The summed E-state index contributed by atoms with van der Waals surface area (Å²) in [4.78, 5) is 22.8. The third-order valence-corrected chi connectivity index (χ3v) is 7.89. The summed E-state index contributed by atoms with van der Waals surface area (Å²) in [5.41, 5.74) is 8.55. The van der Waals surface area contributed by atoms with Gasteiger partial charge in [0.1, 0.15) is 5.75 Å². The van der Waals surface area contributed by atoms with Crippen LogP contribution in [0.2, 0.25) is 0 Å². The molecule has 0 bridgehead atoms. The molecule has 204 valence electrons. The summed E-state index contributed by atoms with van der Waals surface area (Å²) in [5.74, 6) is 1.36. The highest BCUT2D eigenvalue weighted by Crippen LogP contribution is 2.49. The highest BCUT2D eigenvalue weighted by molar-refractivity contribution is 5.68. The van der Waals surface area contributed by atoms with Gasteiger partial charge in [0, 0.05) is 6.04 Å². The van der Waals surface area contributed by atoms with E-state index in [0.29, 0.717) is 36.0 Å². The van der Waals surface area contributed by atoms with E-state index in [9.17, 15) is 9.90 Å². The number of aliphatic hydroxyl groups excluding tert-OH is 1. The third-order valence-electron chi connectivity index (χ3n) is 7.89. The number of ether oxygens (including phenoxy) is 1. The molecule has 7 heteroatoms. The van der Waals surface area contributed by atoms with Gasteiger partial charge in [-0.1, -0.05) is 52.2 Å². The van der Waals surface area contributed by atoms with Gasteiger partial charge in [-0.3, -0.25) is 0 Å². The molecule has 36 heavy (non-hydrogen) atoms. The summed E-state index contributed by atoms with van der Waals surface area (Å²) >= 11 is 0. The van der Waals surface area contributed by atoms with E-state index in [1.165, 1.54) is 5.56 Å². The van der Waals surface area contributed by atoms with Crippen molar-refractivity contribution in [1.82, 2.24) is 0 Å². The molecular formula is C29H47NO6. The molecule has 0 amide bonds. The number of carboxylic acids is 1. The Morgan fingerprint density at radius 3 is 2.72 bits per heavy atom. The Hall–Kier alpha value is -1.67. The summed E-state index contributed by atoms with van der Waals surface area (Å²) < 4.78 is 5.61. The van der Waals surface area contributed by atoms with Crippen LogP contribution in [-0.4, -0.2) is 47.6 Å². The predicted molar refractivity (Wildman–Crippen MR) is 140 cm³/mol. The van der Waals surface area contributed by atoms with Crippen LogP contribution >= 0.6 is 0 Å². The lowest BCUT2D eigenvalue weighted by atomic mass is 9.73. The van der Waals surface area contributed by atoms with E-state index in [2.05, 4.69) is 26.8 Å². The number of hydrogen-bond donors (Lipinski definition) is 3. The van der Waals surface area contributed by atoms with Gasteiger partial charge in [-0.15, -0.1) is 0 Å². The van der Waals surface area contributed by atoms with Crippen LogP contribution in [0.5, 0.6) is 5.75 Å². The lowest BCUT2D eigenvalue weighted by Crippen LogP contribution is -2.31. The zero-order chi connectivity index (χ0) is 26.1. The topological polar surface area (TPSA) is 111 Å². The maximum Gasteiger partial charge on any atom is 0.341 e. The van der Waals surface area contributed by atoms with Crippen LogP contribution in [0.1, 0.15) is 83.3 Å². The molecule has 1 aromatic rings. The fourth-order valence-electron chi connectivity index (χ4n) is 6.21. The number of unbranched alkanes of at least 4 members (excludes halogenated alkanes) is 2. The highest BCUT2D eigenvalue weighted by Gasteiger charge is 2.46. The van der Waals surface area contributed by atoms with Crippen LogP contribution in [0, 0.1) is 23.7 Å². The second-order valence-electron chi connectivity index (χ2n) is 11.3. The quantitative estimate of drug-likeness (QED) is 0.166. The van der Waals surface area contributed by atoms with Crippen molar-refractivity contribution < 1.29 is 29.5 Å². The van der Waals surface area contributed by atoms with Crippen molar-refractivity contribution in [3.8, 4) is 5.75 Å². The van der Waals surface area contributed by atoms with Gasteiger partial charge in [-0.05, 0) is 85.8 Å². The van der Waals surface area contributed by atoms with Crippen LogP contribution in [0.25, 0.3) is 0 Å². The molecule has 0 saturated heterocycles. The van der Waals surface area contributed by atoms with Crippen LogP contribution in [0.3, 0.4) is 0 Å². The molecule has 0 spiro atoms. The number of carbonyl (C=O) groups is 1. The van der Waals surface area contributed by atoms with Crippen molar-refractivity contribution in [3.05, 3.63) is 29.3 Å². The molecule has 1 saturated carbocycles. The van der Waals surface area contributed by atoms with Gasteiger partial charge in [-0.2, -0.15) is 0 Å². The minimum absolute atomic E-state index is 0.0354. The minimum atomic E-state index is -0.971. The number of carboxylic acid groups (broad SMARTS) is 1. The monoisotopic (exact) mass is 505 g/mol. The Balaban J connectivity index is 1.67. The molecule has 1 aromatic carbocycles. The first-order valence-electron chi connectivity index (χ1n) is 14.0. The Kier molecular flexibility index (Phi) is 11.5. The number of fused-ring (bicyclic) bond motifs is 2. The maximum atomic E-state index is 11.0. The molecule has 6 atom stereocenters. The zero-order valence-corrected chi connectivity index (χ0v) is 22.4. The standard InChI is InChI=1S/C29H47NO6/c1-4-5-6-9-23(31)11-12-24-25-14-20-8-7-10-27(34-18-29(32)33)26(20)15-21(25)16-28(24)36-35-17-22(30)13-19(2)3/h7-8,10,19,21-25,28,31H,4-6,9,11-18,30H2,1-3H3,(H,32,33). The van der Waals surface area contributed by atoms with Crippen molar-refractivity contribution in [1.29, 1.82) is 0 Å². The van der Waals surface area contributed by atoms with Gasteiger partial charge in [0.25, 0.3) is 0 Å². The Bertz CT molecular complexity index is 815. The van der Waals surface area contributed by atoms with Gasteiger partial charge in [0.05, 0.1) is 18.8 Å². The largest absolute Gasteiger partial charge is 0.482 e. The molecule has 4 N–H and O–H groups in total. The normalized spacial score (nSPS) is 24.8. The summed E-state index contributed by atoms with van der Waals surface area (Å²) in [6, 6.07) is 5.90. The summed E-state index contributed by atoms with van der Waals surface area (Å²) in [7, 11) is 0. The average Bonchev–Trinajstić information content (AvgIpc) is 3.15.